The fourth-order valence-corrected chi connectivity index (χ4v) is 5.57. The highest BCUT2D eigenvalue weighted by Crippen LogP contribution is 2.28. The first kappa shape index (κ1) is 23.4. The van der Waals surface area contributed by atoms with Crippen molar-refractivity contribution >= 4 is 15.9 Å². The SMILES string of the molecule is CC(CC(C)(C)c1ccccc1)NC(=O)c1cccc(S(=O)(=O)N2CCN(C)CC2)c1. The van der Waals surface area contributed by atoms with Gasteiger partial charge in [0.05, 0.1) is 4.90 Å². The molecule has 0 spiro atoms. The number of nitrogens with one attached hydrogen (secondary N) is 1. The minimum absolute atomic E-state index is 0.0689. The predicted octanol–water partition coefficient (Wildman–Crippen LogP) is 3.11. The van der Waals surface area contributed by atoms with Crippen molar-refractivity contribution in [2.24, 2.45) is 0 Å². The van der Waals surface area contributed by atoms with Gasteiger partial charge in [0.25, 0.3) is 5.91 Å². The van der Waals surface area contributed by atoms with Crippen LogP contribution in [-0.2, 0) is 15.4 Å². The first-order chi connectivity index (χ1) is 14.6. The number of amides is 1. The summed E-state index contributed by atoms with van der Waals surface area (Å²) in [5.74, 6) is -0.258. The maximum absolute atomic E-state index is 13.0. The standard InChI is InChI=1S/C24H33N3O3S/c1-19(18-24(2,3)21-10-6-5-7-11-21)25-23(28)20-9-8-12-22(17-20)31(29,30)27-15-13-26(4)14-16-27/h5-12,17,19H,13-16,18H2,1-4H3,(H,25,28). The summed E-state index contributed by atoms with van der Waals surface area (Å²) in [6, 6.07) is 16.5. The molecule has 1 aliphatic rings. The van der Waals surface area contributed by atoms with Crippen molar-refractivity contribution in [2.45, 2.75) is 43.5 Å². The summed E-state index contributed by atoms with van der Waals surface area (Å²) in [6.45, 7) is 8.62. The monoisotopic (exact) mass is 443 g/mol. The van der Waals surface area contributed by atoms with Crippen molar-refractivity contribution < 1.29 is 13.2 Å². The highest BCUT2D eigenvalue weighted by molar-refractivity contribution is 7.89. The predicted molar refractivity (Wildman–Crippen MR) is 124 cm³/mol. The van der Waals surface area contributed by atoms with Crippen LogP contribution in [0.25, 0.3) is 0 Å². The van der Waals surface area contributed by atoms with Gasteiger partial charge < -0.3 is 10.2 Å². The summed E-state index contributed by atoms with van der Waals surface area (Å²) in [6.07, 6.45) is 0.766. The van der Waals surface area contributed by atoms with E-state index < -0.39 is 10.0 Å². The number of piperazine rings is 1. The average Bonchev–Trinajstić information content (AvgIpc) is 2.74. The molecule has 1 amide bonds. The number of hydrogen-bond acceptors (Lipinski definition) is 4. The molecule has 0 aliphatic carbocycles. The van der Waals surface area contributed by atoms with Gasteiger partial charge in [0.1, 0.15) is 0 Å². The maximum atomic E-state index is 13.0. The minimum atomic E-state index is -3.61. The largest absolute Gasteiger partial charge is 0.350 e. The Kier molecular flexibility index (Phi) is 7.19. The topological polar surface area (TPSA) is 69.7 Å². The number of benzene rings is 2. The molecule has 3 rings (SSSR count). The second-order valence-electron chi connectivity index (χ2n) is 9.06. The van der Waals surface area contributed by atoms with Gasteiger partial charge in [-0.2, -0.15) is 4.31 Å². The Labute approximate surface area is 186 Å². The lowest BCUT2D eigenvalue weighted by Crippen LogP contribution is -2.47. The van der Waals surface area contributed by atoms with Crippen molar-refractivity contribution in [1.82, 2.24) is 14.5 Å². The fraction of sp³-hybridized carbons (Fsp3) is 0.458. The van der Waals surface area contributed by atoms with E-state index in [1.54, 1.807) is 18.2 Å². The van der Waals surface area contributed by atoms with E-state index in [0.717, 1.165) is 6.42 Å². The molecule has 1 aliphatic heterocycles. The lowest BCUT2D eigenvalue weighted by molar-refractivity contribution is 0.0934. The lowest BCUT2D eigenvalue weighted by Gasteiger charge is -2.31. The number of likely N-dealkylation sites (N-methyl/N-ethyl adjacent to an activating group) is 1. The number of carbonyl (C=O) groups excluding carboxylic acids is 1. The summed E-state index contributed by atoms with van der Waals surface area (Å²) in [4.78, 5) is 15.1. The third-order valence-electron chi connectivity index (χ3n) is 5.95. The molecule has 0 bridgehead atoms. The smallest absolute Gasteiger partial charge is 0.251 e. The normalized spacial score (nSPS) is 17.3. The molecule has 1 heterocycles. The molecule has 1 N–H and O–H groups in total. The van der Waals surface area contributed by atoms with Crippen LogP contribution in [0.4, 0.5) is 0 Å². The number of rotatable bonds is 7. The van der Waals surface area contributed by atoms with E-state index >= 15 is 0 Å². The summed E-state index contributed by atoms with van der Waals surface area (Å²) < 4.78 is 27.5. The van der Waals surface area contributed by atoms with Gasteiger partial charge >= 0.3 is 0 Å². The Bertz CT molecular complexity index is 998. The summed E-state index contributed by atoms with van der Waals surface area (Å²) in [5, 5.41) is 3.03. The van der Waals surface area contributed by atoms with E-state index in [-0.39, 0.29) is 22.3 Å². The van der Waals surface area contributed by atoms with E-state index in [2.05, 4.69) is 36.2 Å². The van der Waals surface area contributed by atoms with Crippen LogP contribution < -0.4 is 5.32 Å². The third-order valence-corrected chi connectivity index (χ3v) is 7.84. The van der Waals surface area contributed by atoms with Gasteiger partial charge in [0.2, 0.25) is 10.0 Å². The van der Waals surface area contributed by atoms with E-state index in [1.165, 1.54) is 15.9 Å². The average molecular weight is 444 g/mol. The molecule has 31 heavy (non-hydrogen) atoms. The van der Waals surface area contributed by atoms with Crippen LogP contribution in [-0.4, -0.2) is 62.8 Å². The number of hydrogen-bond donors (Lipinski definition) is 1. The zero-order chi connectivity index (χ0) is 22.6. The minimum Gasteiger partial charge on any atom is -0.350 e. The van der Waals surface area contributed by atoms with Crippen LogP contribution in [0.5, 0.6) is 0 Å². The van der Waals surface area contributed by atoms with Gasteiger partial charge in [0, 0.05) is 37.8 Å². The van der Waals surface area contributed by atoms with Gasteiger partial charge in [-0.15, -0.1) is 0 Å². The molecule has 1 unspecified atom stereocenters. The molecule has 0 saturated carbocycles. The van der Waals surface area contributed by atoms with Crippen LogP contribution in [0, 0.1) is 0 Å². The molecule has 1 atom stereocenters. The van der Waals surface area contributed by atoms with Crippen LogP contribution in [0.2, 0.25) is 0 Å². The molecule has 168 valence electrons. The molecule has 2 aromatic rings. The summed E-state index contributed by atoms with van der Waals surface area (Å²) in [7, 11) is -1.63. The van der Waals surface area contributed by atoms with Crippen LogP contribution in [0.1, 0.15) is 43.1 Å². The molecular formula is C24H33N3O3S. The summed E-state index contributed by atoms with van der Waals surface area (Å²) in [5.41, 5.74) is 1.48. The Morgan fingerprint density at radius 1 is 1.03 bits per heavy atom. The molecule has 0 radical (unpaired) electrons. The third kappa shape index (κ3) is 5.73. The van der Waals surface area contributed by atoms with Crippen molar-refractivity contribution in [3.63, 3.8) is 0 Å². The van der Waals surface area contributed by atoms with Crippen LogP contribution >= 0.6 is 0 Å². The van der Waals surface area contributed by atoms with Crippen molar-refractivity contribution in [3.8, 4) is 0 Å². The molecule has 0 aromatic heterocycles. The number of nitrogens with zero attached hydrogens (tertiary/aromatic N) is 2. The molecule has 1 saturated heterocycles. The molecule has 1 fully saturated rings. The van der Waals surface area contributed by atoms with Crippen molar-refractivity contribution in [1.29, 1.82) is 0 Å². The molecule has 7 heteroatoms. The quantitative estimate of drug-likeness (QED) is 0.714. The van der Waals surface area contributed by atoms with Gasteiger partial charge in [-0.3, -0.25) is 4.79 Å². The Balaban J connectivity index is 1.68. The second kappa shape index (κ2) is 9.51. The Hall–Kier alpha value is -2.22. The zero-order valence-electron chi connectivity index (χ0n) is 18.8. The zero-order valence-corrected chi connectivity index (χ0v) is 19.7. The van der Waals surface area contributed by atoms with Gasteiger partial charge in [-0.05, 0) is 49.6 Å². The van der Waals surface area contributed by atoms with Crippen LogP contribution in [0.3, 0.4) is 0 Å². The second-order valence-corrected chi connectivity index (χ2v) is 11.0. The number of carbonyl (C=O) groups is 1. The van der Waals surface area contributed by atoms with E-state index in [9.17, 15) is 13.2 Å². The highest BCUT2D eigenvalue weighted by Gasteiger charge is 2.28. The van der Waals surface area contributed by atoms with E-state index in [1.807, 2.05) is 32.2 Å². The van der Waals surface area contributed by atoms with E-state index in [4.69, 9.17) is 0 Å². The summed E-state index contributed by atoms with van der Waals surface area (Å²) >= 11 is 0. The van der Waals surface area contributed by atoms with Gasteiger partial charge in [-0.1, -0.05) is 50.2 Å². The molecular weight excluding hydrogens is 410 g/mol. The first-order valence-corrected chi connectivity index (χ1v) is 12.2. The lowest BCUT2D eigenvalue weighted by atomic mass is 9.79. The number of sulfonamides is 1. The van der Waals surface area contributed by atoms with Crippen molar-refractivity contribution in [3.05, 3.63) is 65.7 Å². The molecule has 6 nitrogen and oxygen atoms in total. The van der Waals surface area contributed by atoms with Gasteiger partial charge in [-0.25, -0.2) is 8.42 Å². The van der Waals surface area contributed by atoms with Gasteiger partial charge in [0.15, 0.2) is 0 Å². The van der Waals surface area contributed by atoms with E-state index in [0.29, 0.717) is 31.7 Å². The highest BCUT2D eigenvalue weighted by atomic mass is 32.2. The Morgan fingerprint density at radius 3 is 2.32 bits per heavy atom. The Morgan fingerprint density at radius 2 is 1.68 bits per heavy atom. The van der Waals surface area contributed by atoms with Crippen LogP contribution in [0.15, 0.2) is 59.5 Å². The fourth-order valence-electron chi connectivity index (χ4n) is 4.11. The molecule has 2 aromatic carbocycles. The first-order valence-electron chi connectivity index (χ1n) is 10.7. The maximum Gasteiger partial charge on any atom is 0.251 e. The van der Waals surface area contributed by atoms with Crippen molar-refractivity contribution in [2.75, 3.05) is 33.2 Å².